The van der Waals surface area contributed by atoms with Gasteiger partial charge in [-0.1, -0.05) is 30.3 Å². The number of carbonyl (C=O) groups excluding carboxylic acids is 1. The maximum absolute atomic E-state index is 11.7. The lowest BCUT2D eigenvalue weighted by Crippen LogP contribution is -2.08. The number of nitrogens with one attached hydrogen (secondary N) is 1. The smallest absolute Gasteiger partial charge is 0.303 e. The van der Waals surface area contributed by atoms with Crippen molar-refractivity contribution in [3.8, 4) is 0 Å². The Kier molecular flexibility index (Phi) is 4.87. The molecule has 0 aliphatic rings. The minimum atomic E-state index is -0.908. The van der Waals surface area contributed by atoms with Gasteiger partial charge in [0.05, 0.1) is 12.1 Å². The number of aromatic nitrogens is 1. The first-order valence-corrected chi connectivity index (χ1v) is 6.34. The number of carboxylic acid groups (broad SMARTS) is 1. The Bertz CT molecular complexity index is 647. The molecule has 0 atom stereocenters. The number of carboxylic acids is 1. The average molecular weight is 286 g/mol. The number of hydrogen-bond donors (Lipinski definition) is 2. The summed E-state index contributed by atoms with van der Waals surface area (Å²) in [7, 11) is 0. The van der Waals surface area contributed by atoms with E-state index >= 15 is 0 Å². The molecule has 0 saturated carbocycles. The van der Waals surface area contributed by atoms with Gasteiger partial charge in [0.1, 0.15) is 6.26 Å². The third kappa shape index (κ3) is 4.94. The van der Waals surface area contributed by atoms with E-state index in [1.807, 2.05) is 30.3 Å². The number of aliphatic carboxylic acids is 1. The molecule has 0 unspecified atom stereocenters. The van der Waals surface area contributed by atoms with Gasteiger partial charge in [0, 0.05) is 12.5 Å². The second kappa shape index (κ2) is 7.04. The highest BCUT2D eigenvalue weighted by Crippen LogP contribution is 2.09. The lowest BCUT2D eigenvalue weighted by molar-refractivity contribution is -0.137. The molecule has 2 rings (SSSR count). The first-order chi connectivity index (χ1) is 10.1. The number of rotatable bonds is 6. The fourth-order valence-electron chi connectivity index (χ4n) is 1.60. The topological polar surface area (TPSA) is 92.4 Å². The lowest BCUT2D eigenvalue weighted by atomic mass is 10.2. The molecule has 1 amide bonds. The van der Waals surface area contributed by atoms with Gasteiger partial charge >= 0.3 is 12.0 Å². The van der Waals surface area contributed by atoms with Crippen molar-refractivity contribution in [2.24, 2.45) is 0 Å². The monoisotopic (exact) mass is 286 g/mol. The largest absolute Gasteiger partial charge is 0.481 e. The third-order valence-electron chi connectivity index (χ3n) is 2.60. The summed E-state index contributed by atoms with van der Waals surface area (Å²) in [6, 6.07) is 9.44. The molecular formula is C15H14N2O4. The Hall–Kier alpha value is -2.89. The number of oxazole rings is 1. The molecule has 2 aromatic rings. The first kappa shape index (κ1) is 14.5. The van der Waals surface area contributed by atoms with Crippen LogP contribution < -0.4 is 5.32 Å². The maximum atomic E-state index is 11.7. The van der Waals surface area contributed by atoms with Crippen molar-refractivity contribution in [1.29, 1.82) is 0 Å². The highest BCUT2D eigenvalue weighted by molar-refractivity contribution is 6.00. The number of nitrogens with zero attached hydrogens (tertiary/aromatic N) is 1. The van der Waals surface area contributed by atoms with Crippen molar-refractivity contribution in [3.63, 3.8) is 0 Å². The Labute approximate surface area is 121 Å². The molecule has 0 bridgehead atoms. The van der Waals surface area contributed by atoms with Crippen molar-refractivity contribution in [1.82, 2.24) is 4.98 Å². The van der Waals surface area contributed by atoms with E-state index in [2.05, 4.69) is 10.3 Å². The van der Waals surface area contributed by atoms with E-state index in [1.165, 1.54) is 12.3 Å². The summed E-state index contributed by atoms with van der Waals surface area (Å²) in [4.78, 5) is 26.1. The number of amides is 1. The van der Waals surface area contributed by atoms with Crippen LogP contribution in [0.2, 0.25) is 0 Å². The highest BCUT2D eigenvalue weighted by Gasteiger charge is 2.07. The summed E-state index contributed by atoms with van der Waals surface area (Å²) in [6.07, 6.45) is 4.60. The number of benzene rings is 1. The molecular weight excluding hydrogens is 272 g/mol. The highest BCUT2D eigenvalue weighted by atomic mass is 16.4. The fraction of sp³-hybridized carbons (Fsp3) is 0.133. The summed E-state index contributed by atoms with van der Waals surface area (Å²) in [5.74, 6) is -1.28. The van der Waals surface area contributed by atoms with E-state index < -0.39 is 5.97 Å². The van der Waals surface area contributed by atoms with E-state index in [4.69, 9.17) is 9.52 Å². The van der Waals surface area contributed by atoms with Gasteiger partial charge in [-0.25, -0.2) is 0 Å². The number of aryl methyl sites for hydroxylation is 1. The van der Waals surface area contributed by atoms with Crippen LogP contribution in [0, 0.1) is 0 Å². The normalized spacial score (nSPS) is 10.7. The van der Waals surface area contributed by atoms with Gasteiger partial charge in [0.25, 0.3) is 5.91 Å². The summed E-state index contributed by atoms with van der Waals surface area (Å²) in [5, 5.41) is 11.0. The van der Waals surface area contributed by atoms with E-state index in [0.29, 0.717) is 5.69 Å². The van der Waals surface area contributed by atoms with Gasteiger partial charge in [0.2, 0.25) is 0 Å². The van der Waals surface area contributed by atoms with Crippen molar-refractivity contribution < 1.29 is 19.1 Å². The van der Waals surface area contributed by atoms with Crippen LogP contribution in [-0.4, -0.2) is 22.0 Å². The Morgan fingerprint density at radius 3 is 2.76 bits per heavy atom. The number of hydrogen-bond acceptors (Lipinski definition) is 4. The molecule has 0 spiro atoms. The van der Waals surface area contributed by atoms with Gasteiger partial charge in [-0.05, 0) is 11.6 Å². The standard InChI is InChI=1S/C15H14N2O4/c18-13(8-6-11-4-2-1-3-5-11)17-15-16-12(10-21-15)7-9-14(19)20/h1-6,8,10H,7,9H2,(H,19,20)(H,16,17,18)/b8-6+. The van der Waals surface area contributed by atoms with E-state index in [-0.39, 0.29) is 24.8 Å². The van der Waals surface area contributed by atoms with Crippen molar-refractivity contribution in [2.45, 2.75) is 12.8 Å². The van der Waals surface area contributed by atoms with Crippen LogP contribution in [0.1, 0.15) is 17.7 Å². The molecule has 0 fully saturated rings. The zero-order valence-electron chi connectivity index (χ0n) is 11.2. The van der Waals surface area contributed by atoms with Crippen LogP contribution in [0.25, 0.3) is 6.08 Å². The van der Waals surface area contributed by atoms with Crippen LogP contribution in [0.15, 0.2) is 47.1 Å². The zero-order chi connectivity index (χ0) is 15.1. The summed E-state index contributed by atoms with van der Waals surface area (Å²) >= 11 is 0. The molecule has 108 valence electrons. The Morgan fingerprint density at radius 1 is 1.29 bits per heavy atom. The van der Waals surface area contributed by atoms with Crippen molar-refractivity contribution in [2.75, 3.05) is 5.32 Å². The third-order valence-corrected chi connectivity index (χ3v) is 2.60. The SMILES string of the molecule is O=C(O)CCc1coc(NC(=O)/C=C/c2ccccc2)n1. The van der Waals surface area contributed by atoms with Crippen LogP contribution in [0.5, 0.6) is 0 Å². The van der Waals surface area contributed by atoms with Gasteiger partial charge in [-0.3, -0.25) is 14.9 Å². The van der Waals surface area contributed by atoms with Crippen LogP contribution in [0.4, 0.5) is 6.01 Å². The van der Waals surface area contributed by atoms with E-state index in [0.717, 1.165) is 5.56 Å². The zero-order valence-corrected chi connectivity index (χ0v) is 11.2. The molecule has 0 radical (unpaired) electrons. The molecule has 21 heavy (non-hydrogen) atoms. The quantitative estimate of drug-likeness (QED) is 0.795. The first-order valence-electron chi connectivity index (χ1n) is 6.34. The minimum Gasteiger partial charge on any atom is -0.481 e. The lowest BCUT2D eigenvalue weighted by Gasteiger charge is -1.95. The number of anilines is 1. The Balaban J connectivity index is 1.88. The maximum Gasteiger partial charge on any atom is 0.303 e. The molecule has 1 aromatic heterocycles. The van der Waals surface area contributed by atoms with Crippen LogP contribution >= 0.6 is 0 Å². The van der Waals surface area contributed by atoms with Crippen molar-refractivity contribution in [3.05, 3.63) is 53.9 Å². The predicted octanol–water partition coefficient (Wildman–Crippen LogP) is 2.34. The molecule has 6 nitrogen and oxygen atoms in total. The average Bonchev–Trinajstić information content (AvgIpc) is 2.91. The Morgan fingerprint density at radius 2 is 2.05 bits per heavy atom. The van der Waals surface area contributed by atoms with Gasteiger partial charge in [-0.15, -0.1) is 0 Å². The van der Waals surface area contributed by atoms with Crippen LogP contribution in [-0.2, 0) is 16.0 Å². The fourth-order valence-corrected chi connectivity index (χ4v) is 1.60. The van der Waals surface area contributed by atoms with Crippen LogP contribution in [0.3, 0.4) is 0 Å². The van der Waals surface area contributed by atoms with Gasteiger partial charge in [-0.2, -0.15) is 4.98 Å². The summed E-state index contributed by atoms with van der Waals surface area (Å²) in [6.45, 7) is 0. The number of carbonyl (C=O) groups is 2. The molecule has 0 aliphatic heterocycles. The second-order valence-electron chi connectivity index (χ2n) is 4.27. The second-order valence-corrected chi connectivity index (χ2v) is 4.27. The summed E-state index contributed by atoms with van der Waals surface area (Å²) in [5.41, 5.74) is 1.39. The molecule has 1 aromatic carbocycles. The molecule has 0 aliphatic carbocycles. The molecule has 1 heterocycles. The van der Waals surface area contributed by atoms with Gasteiger partial charge in [0.15, 0.2) is 0 Å². The predicted molar refractivity (Wildman–Crippen MR) is 76.6 cm³/mol. The summed E-state index contributed by atoms with van der Waals surface area (Å²) < 4.78 is 5.05. The minimum absolute atomic E-state index is 0.0339. The molecule has 0 saturated heterocycles. The molecule has 6 heteroatoms. The van der Waals surface area contributed by atoms with E-state index in [1.54, 1.807) is 6.08 Å². The van der Waals surface area contributed by atoms with Gasteiger partial charge < -0.3 is 9.52 Å². The van der Waals surface area contributed by atoms with E-state index in [9.17, 15) is 9.59 Å². The van der Waals surface area contributed by atoms with Crippen molar-refractivity contribution >= 4 is 24.0 Å². The molecule has 2 N–H and O–H groups in total.